The average Bonchev–Trinajstić information content (AvgIpc) is 3.46. The number of fused-ring (bicyclic) bond motifs is 3. The Balaban J connectivity index is 1.56. The second kappa shape index (κ2) is 5.92. The third-order valence-electron chi connectivity index (χ3n) is 5.10. The predicted octanol–water partition coefficient (Wildman–Crippen LogP) is 4.21. The smallest absolute Gasteiger partial charge is 0.231 e. The quantitative estimate of drug-likeness (QED) is 0.539. The van der Waals surface area contributed by atoms with Gasteiger partial charge in [-0.15, -0.1) is 0 Å². The number of rotatable bonds is 3. The highest BCUT2D eigenvalue weighted by molar-refractivity contribution is 5.83. The zero-order valence-electron chi connectivity index (χ0n) is 14.9. The molecule has 28 heavy (non-hydrogen) atoms. The van der Waals surface area contributed by atoms with E-state index in [1.165, 1.54) is 0 Å². The highest BCUT2D eigenvalue weighted by Gasteiger charge is 2.24. The largest absolute Gasteiger partial charge is 0.454 e. The average molecular weight is 372 g/mol. The van der Waals surface area contributed by atoms with Crippen LogP contribution in [-0.4, -0.2) is 23.1 Å². The summed E-state index contributed by atoms with van der Waals surface area (Å²) >= 11 is 0. The fraction of sp³-hybridized carbons (Fsp3) is 0.136. The molecule has 6 nitrogen and oxygen atoms in total. The van der Waals surface area contributed by atoms with Gasteiger partial charge in [-0.25, -0.2) is 4.98 Å². The van der Waals surface area contributed by atoms with Gasteiger partial charge in [0.25, 0.3) is 0 Å². The number of nitrogens with zero attached hydrogens (tertiary/aromatic N) is 2. The van der Waals surface area contributed by atoms with E-state index < -0.39 is 0 Å². The first-order valence-electron chi connectivity index (χ1n) is 9.10. The molecular weight excluding hydrogens is 356 g/mol. The van der Waals surface area contributed by atoms with E-state index in [9.17, 15) is 0 Å². The van der Waals surface area contributed by atoms with Gasteiger partial charge < -0.3 is 23.5 Å². The minimum Gasteiger partial charge on any atom is -0.454 e. The lowest BCUT2D eigenvalue weighted by Gasteiger charge is -2.12. The van der Waals surface area contributed by atoms with Crippen LogP contribution in [0.3, 0.4) is 0 Å². The Morgan fingerprint density at radius 3 is 2.39 bits per heavy atom. The molecule has 2 aliphatic heterocycles. The van der Waals surface area contributed by atoms with Crippen molar-refractivity contribution in [1.29, 1.82) is 0 Å². The molecule has 0 spiro atoms. The predicted molar refractivity (Wildman–Crippen MR) is 103 cm³/mol. The van der Waals surface area contributed by atoms with Crippen LogP contribution >= 0.6 is 0 Å². The van der Waals surface area contributed by atoms with Crippen LogP contribution in [0.25, 0.3) is 22.4 Å². The summed E-state index contributed by atoms with van der Waals surface area (Å²) in [5.41, 5.74) is 3.93. The maximum atomic E-state index is 5.74. The normalized spacial score (nSPS) is 14.0. The van der Waals surface area contributed by atoms with Crippen molar-refractivity contribution in [3.8, 4) is 34.4 Å². The highest BCUT2D eigenvalue weighted by atomic mass is 16.7. The van der Waals surface area contributed by atoms with Crippen molar-refractivity contribution in [1.82, 2.24) is 9.55 Å². The van der Waals surface area contributed by atoms with Gasteiger partial charge in [0.1, 0.15) is 5.82 Å². The molecule has 4 aromatic rings. The first-order valence-corrected chi connectivity index (χ1v) is 9.10. The molecule has 3 heterocycles. The second-order valence-electron chi connectivity index (χ2n) is 6.70. The van der Waals surface area contributed by atoms with Gasteiger partial charge in [-0.3, -0.25) is 0 Å². The van der Waals surface area contributed by atoms with Gasteiger partial charge in [0.15, 0.2) is 23.0 Å². The van der Waals surface area contributed by atoms with Crippen molar-refractivity contribution in [3.63, 3.8) is 0 Å². The molecule has 0 fully saturated rings. The van der Waals surface area contributed by atoms with Gasteiger partial charge in [-0.05, 0) is 30.3 Å². The van der Waals surface area contributed by atoms with Crippen LogP contribution in [0, 0.1) is 0 Å². The maximum Gasteiger partial charge on any atom is 0.231 e. The Morgan fingerprint density at radius 1 is 0.750 bits per heavy atom. The molecule has 3 aromatic carbocycles. The van der Waals surface area contributed by atoms with E-state index in [0.717, 1.165) is 51.0 Å². The first-order chi connectivity index (χ1) is 13.9. The zero-order valence-corrected chi connectivity index (χ0v) is 14.9. The molecule has 6 rings (SSSR count). The van der Waals surface area contributed by atoms with Crippen molar-refractivity contribution >= 4 is 11.0 Å². The van der Waals surface area contributed by atoms with E-state index in [-0.39, 0.29) is 13.6 Å². The summed E-state index contributed by atoms with van der Waals surface area (Å²) in [4.78, 5) is 4.91. The summed E-state index contributed by atoms with van der Waals surface area (Å²) in [5, 5.41) is 0. The molecular formula is C22H16N2O4. The van der Waals surface area contributed by atoms with Gasteiger partial charge in [0.2, 0.25) is 13.6 Å². The Bertz CT molecular complexity index is 1210. The molecule has 2 aliphatic rings. The summed E-state index contributed by atoms with van der Waals surface area (Å²) in [6, 6.07) is 20.0. The summed E-state index contributed by atoms with van der Waals surface area (Å²) < 4.78 is 24.7. The van der Waals surface area contributed by atoms with Crippen LogP contribution < -0.4 is 18.9 Å². The fourth-order valence-corrected chi connectivity index (χ4v) is 3.83. The van der Waals surface area contributed by atoms with Crippen LogP contribution in [0.5, 0.6) is 23.0 Å². The van der Waals surface area contributed by atoms with Crippen molar-refractivity contribution in [2.24, 2.45) is 0 Å². The zero-order chi connectivity index (χ0) is 18.5. The lowest BCUT2D eigenvalue weighted by molar-refractivity contribution is 0.173. The molecule has 138 valence electrons. The van der Waals surface area contributed by atoms with Crippen molar-refractivity contribution in [2.75, 3.05) is 13.6 Å². The minimum atomic E-state index is 0.226. The first kappa shape index (κ1) is 15.4. The van der Waals surface area contributed by atoms with Crippen LogP contribution in [-0.2, 0) is 6.54 Å². The number of imidazole rings is 1. The lowest BCUT2D eigenvalue weighted by atomic mass is 10.1. The van der Waals surface area contributed by atoms with E-state index in [0.29, 0.717) is 6.54 Å². The van der Waals surface area contributed by atoms with E-state index in [4.69, 9.17) is 23.9 Å². The van der Waals surface area contributed by atoms with Gasteiger partial charge >= 0.3 is 0 Å². The van der Waals surface area contributed by atoms with Crippen LogP contribution in [0.1, 0.15) is 5.56 Å². The molecule has 1 aromatic heterocycles. The standard InChI is InChI=1S/C22H16N2O4/c1-2-8-17-16(7-1)23-22(15-6-4-10-19-21(15)28-13-26-19)24(17)11-14-5-3-9-18-20(14)27-12-25-18/h1-10H,11-13H2. The van der Waals surface area contributed by atoms with E-state index in [1.54, 1.807) is 0 Å². The van der Waals surface area contributed by atoms with Crippen LogP contribution in [0.2, 0.25) is 0 Å². The SMILES string of the molecule is c1cc(Cn2c(-c3cccc4c3OCO4)nc3ccccc32)c2c(c1)OCO2. The third kappa shape index (κ3) is 2.24. The Hall–Kier alpha value is -3.67. The van der Waals surface area contributed by atoms with Gasteiger partial charge in [0, 0.05) is 5.56 Å². The lowest BCUT2D eigenvalue weighted by Crippen LogP contribution is -2.04. The van der Waals surface area contributed by atoms with Crippen LogP contribution in [0.4, 0.5) is 0 Å². The maximum absolute atomic E-state index is 5.74. The van der Waals surface area contributed by atoms with E-state index >= 15 is 0 Å². The number of hydrogen-bond donors (Lipinski definition) is 0. The second-order valence-corrected chi connectivity index (χ2v) is 6.70. The van der Waals surface area contributed by atoms with Crippen molar-refractivity contribution in [2.45, 2.75) is 6.54 Å². The molecule has 0 bridgehead atoms. The van der Waals surface area contributed by atoms with Gasteiger partial charge in [0.05, 0.1) is 23.1 Å². The Morgan fingerprint density at radius 2 is 1.50 bits per heavy atom. The summed E-state index contributed by atoms with van der Waals surface area (Å²) in [7, 11) is 0. The molecule has 0 amide bonds. The molecule has 0 radical (unpaired) electrons. The summed E-state index contributed by atoms with van der Waals surface area (Å²) in [5.74, 6) is 3.88. The van der Waals surface area contributed by atoms with Gasteiger partial charge in [-0.2, -0.15) is 0 Å². The number of hydrogen-bond acceptors (Lipinski definition) is 5. The molecule has 0 saturated heterocycles. The monoisotopic (exact) mass is 372 g/mol. The topological polar surface area (TPSA) is 54.7 Å². The molecule has 0 saturated carbocycles. The van der Waals surface area contributed by atoms with Crippen molar-refractivity contribution < 1.29 is 18.9 Å². The van der Waals surface area contributed by atoms with E-state index in [1.807, 2.05) is 48.5 Å². The van der Waals surface area contributed by atoms with Crippen LogP contribution in [0.15, 0.2) is 60.7 Å². The summed E-state index contributed by atoms with van der Waals surface area (Å²) in [6.45, 7) is 1.08. The minimum absolute atomic E-state index is 0.226. The molecule has 0 N–H and O–H groups in total. The third-order valence-corrected chi connectivity index (χ3v) is 5.10. The number of ether oxygens (including phenoxy) is 4. The molecule has 0 unspecified atom stereocenters. The Labute approximate surface area is 160 Å². The number of aromatic nitrogens is 2. The number of benzene rings is 3. The fourth-order valence-electron chi connectivity index (χ4n) is 3.83. The molecule has 0 aliphatic carbocycles. The van der Waals surface area contributed by atoms with Crippen molar-refractivity contribution in [3.05, 3.63) is 66.2 Å². The van der Waals surface area contributed by atoms with Gasteiger partial charge in [-0.1, -0.05) is 30.3 Å². The molecule has 0 atom stereocenters. The highest BCUT2D eigenvalue weighted by Crippen LogP contribution is 2.42. The number of para-hydroxylation sites is 4. The summed E-state index contributed by atoms with van der Waals surface area (Å²) in [6.07, 6.45) is 0. The Kier molecular flexibility index (Phi) is 3.25. The molecule has 6 heteroatoms. The van der Waals surface area contributed by atoms with E-state index in [2.05, 4.69) is 16.7 Å².